The lowest BCUT2D eigenvalue weighted by Crippen LogP contribution is -2.15. The van der Waals surface area contributed by atoms with Crippen molar-refractivity contribution < 1.29 is 18.9 Å². The number of aromatic nitrogens is 2. The number of nitrogens with one attached hydrogen (secondary N) is 1. The second-order valence-electron chi connectivity index (χ2n) is 7.79. The van der Waals surface area contributed by atoms with Crippen LogP contribution in [0.25, 0.3) is 11.4 Å². The first-order valence-electron chi connectivity index (χ1n) is 10.4. The summed E-state index contributed by atoms with van der Waals surface area (Å²) in [6.45, 7) is 1.16. The standard InChI is InChI=1S/C22H26N5O4P/c1-27-20(17-6-3-2-4-7-17)14-19(25-27)22-24-21(26-31-22)18-10-8-16(9-11-18)15-23-12-5-13-32(28,29)30/h2-4,6-11,20,23H,5,12-15H2,1H3,(H2,28,29,30). The third kappa shape index (κ3) is 5.69. The molecule has 0 radical (unpaired) electrons. The van der Waals surface area contributed by atoms with Gasteiger partial charge < -0.3 is 19.6 Å². The second kappa shape index (κ2) is 9.75. The van der Waals surface area contributed by atoms with Crippen molar-refractivity contribution in [1.29, 1.82) is 0 Å². The van der Waals surface area contributed by atoms with Crippen LogP contribution in [0.5, 0.6) is 0 Å². The zero-order valence-electron chi connectivity index (χ0n) is 17.8. The van der Waals surface area contributed by atoms with Crippen molar-refractivity contribution in [3.05, 3.63) is 71.6 Å². The summed E-state index contributed by atoms with van der Waals surface area (Å²) in [4.78, 5) is 22.3. The summed E-state index contributed by atoms with van der Waals surface area (Å²) >= 11 is 0. The molecule has 1 aromatic heterocycles. The number of nitrogens with zero attached hydrogens (tertiary/aromatic N) is 4. The maximum absolute atomic E-state index is 10.9. The Kier molecular flexibility index (Phi) is 6.81. The molecule has 0 amide bonds. The molecule has 3 aromatic rings. The van der Waals surface area contributed by atoms with E-state index in [4.69, 9.17) is 14.3 Å². The second-order valence-corrected chi connectivity index (χ2v) is 9.57. The minimum atomic E-state index is -3.92. The maximum Gasteiger partial charge on any atom is 0.325 e. The molecule has 9 nitrogen and oxygen atoms in total. The van der Waals surface area contributed by atoms with Crippen molar-refractivity contribution in [2.24, 2.45) is 5.10 Å². The maximum atomic E-state index is 10.9. The lowest BCUT2D eigenvalue weighted by molar-refractivity contribution is 0.290. The summed E-state index contributed by atoms with van der Waals surface area (Å²) in [7, 11) is -1.98. The monoisotopic (exact) mass is 455 g/mol. The molecule has 2 heterocycles. The first-order valence-corrected chi connectivity index (χ1v) is 12.2. The highest BCUT2D eigenvalue weighted by molar-refractivity contribution is 7.51. The van der Waals surface area contributed by atoms with E-state index in [1.54, 1.807) is 0 Å². The fourth-order valence-corrected chi connectivity index (χ4v) is 4.20. The van der Waals surface area contributed by atoms with Crippen LogP contribution >= 0.6 is 7.60 Å². The summed E-state index contributed by atoms with van der Waals surface area (Å²) in [5, 5.41) is 13.8. The van der Waals surface area contributed by atoms with Crippen molar-refractivity contribution in [3.63, 3.8) is 0 Å². The van der Waals surface area contributed by atoms with Crippen molar-refractivity contribution in [2.45, 2.75) is 25.4 Å². The van der Waals surface area contributed by atoms with E-state index in [0.717, 1.165) is 16.8 Å². The van der Waals surface area contributed by atoms with Crippen LogP contribution in [-0.2, 0) is 11.1 Å². The summed E-state index contributed by atoms with van der Waals surface area (Å²) in [5.41, 5.74) is 3.87. The smallest absolute Gasteiger partial charge is 0.325 e. The number of hydrogen-bond donors (Lipinski definition) is 3. The minimum Gasteiger partial charge on any atom is -0.332 e. The SMILES string of the molecule is CN1N=C(c2nc(-c3ccc(CNCCCP(=O)(O)O)cc3)no2)CC1c1ccccc1. The zero-order chi connectivity index (χ0) is 22.6. The Morgan fingerprint density at radius 1 is 1.16 bits per heavy atom. The molecule has 1 aliphatic rings. The molecular formula is C22H26N5O4P. The summed E-state index contributed by atoms with van der Waals surface area (Å²) in [6.07, 6.45) is 1.03. The molecule has 1 aliphatic heterocycles. The van der Waals surface area contributed by atoms with E-state index >= 15 is 0 Å². The topological polar surface area (TPSA) is 124 Å². The largest absolute Gasteiger partial charge is 0.332 e. The summed E-state index contributed by atoms with van der Waals surface area (Å²) < 4.78 is 16.3. The van der Waals surface area contributed by atoms with Crippen LogP contribution in [0.1, 0.15) is 35.9 Å². The Hall–Kier alpha value is -2.84. The van der Waals surface area contributed by atoms with Gasteiger partial charge in [-0.05, 0) is 24.1 Å². The first kappa shape index (κ1) is 22.4. The van der Waals surface area contributed by atoms with Crippen LogP contribution in [0.3, 0.4) is 0 Å². The van der Waals surface area contributed by atoms with E-state index in [1.165, 1.54) is 5.56 Å². The van der Waals surface area contributed by atoms with E-state index in [0.29, 0.717) is 37.6 Å². The molecular weight excluding hydrogens is 429 g/mol. The van der Waals surface area contributed by atoms with Crippen LogP contribution < -0.4 is 5.32 Å². The van der Waals surface area contributed by atoms with Crippen LogP contribution in [-0.4, -0.2) is 50.4 Å². The predicted molar refractivity (Wildman–Crippen MR) is 121 cm³/mol. The van der Waals surface area contributed by atoms with E-state index in [1.807, 2.05) is 54.5 Å². The quantitative estimate of drug-likeness (QED) is 0.332. The average molecular weight is 455 g/mol. The van der Waals surface area contributed by atoms with E-state index in [2.05, 4.69) is 32.7 Å². The first-order chi connectivity index (χ1) is 15.4. The lowest BCUT2D eigenvalue weighted by Gasteiger charge is -2.18. The predicted octanol–water partition coefficient (Wildman–Crippen LogP) is 3.17. The molecule has 4 rings (SSSR count). The molecule has 3 N–H and O–H groups in total. The summed E-state index contributed by atoms with van der Waals surface area (Å²) in [5.74, 6) is 0.941. The molecule has 0 spiro atoms. The normalized spacial score (nSPS) is 16.4. The molecule has 10 heteroatoms. The Bertz CT molecular complexity index is 1110. The number of hydrazone groups is 1. The Morgan fingerprint density at radius 3 is 2.62 bits per heavy atom. The van der Waals surface area contributed by atoms with E-state index in [9.17, 15) is 4.57 Å². The zero-order valence-corrected chi connectivity index (χ0v) is 18.7. The van der Waals surface area contributed by atoms with Gasteiger partial charge >= 0.3 is 7.60 Å². The van der Waals surface area contributed by atoms with Crippen molar-refractivity contribution >= 4 is 13.3 Å². The lowest BCUT2D eigenvalue weighted by atomic mass is 10.0. The number of benzene rings is 2. The van der Waals surface area contributed by atoms with Gasteiger partial charge in [0.15, 0.2) is 0 Å². The van der Waals surface area contributed by atoms with Crippen molar-refractivity contribution in [2.75, 3.05) is 19.8 Å². The summed E-state index contributed by atoms with van der Waals surface area (Å²) in [6, 6.07) is 18.2. The van der Waals surface area contributed by atoms with Gasteiger partial charge in [-0.1, -0.05) is 59.8 Å². The molecule has 32 heavy (non-hydrogen) atoms. The van der Waals surface area contributed by atoms with Gasteiger partial charge in [0.05, 0.1) is 12.2 Å². The van der Waals surface area contributed by atoms with E-state index < -0.39 is 7.60 Å². The van der Waals surface area contributed by atoms with Gasteiger partial charge in [-0.3, -0.25) is 9.57 Å². The van der Waals surface area contributed by atoms with Crippen LogP contribution in [0, 0.1) is 0 Å². The van der Waals surface area contributed by atoms with Gasteiger partial charge in [0.1, 0.15) is 5.71 Å². The molecule has 0 bridgehead atoms. The molecule has 0 fully saturated rings. The molecule has 0 saturated heterocycles. The van der Waals surface area contributed by atoms with Gasteiger partial charge in [0.25, 0.3) is 5.89 Å². The van der Waals surface area contributed by atoms with Gasteiger partial charge in [-0.15, -0.1) is 0 Å². The molecule has 1 unspecified atom stereocenters. The van der Waals surface area contributed by atoms with Crippen LogP contribution in [0.15, 0.2) is 64.2 Å². The van der Waals surface area contributed by atoms with Crippen molar-refractivity contribution in [3.8, 4) is 11.4 Å². The Labute approximate surface area is 186 Å². The molecule has 0 aliphatic carbocycles. The van der Waals surface area contributed by atoms with Gasteiger partial charge in [-0.2, -0.15) is 10.1 Å². The van der Waals surface area contributed by atoms with Gasteiger partial charge in [-0.25, -0.2) is 0 Å². The molecule has 2 aromatic carbocycles. The van der Waals surface area contributed by atoms with Crippen LogP contribution in [0.2, 0.25) is 0 Å². The number of rotatable bonds is 9. The van der Waals surface area contributed by atoms with Gasteiger partial charge in [0.2, 0.25) is 5.82 Å². The fourth-order valence-electron chi connectivity index (χ4n) is 3.63. The third-order valence-electron chi connectivity index (χ3n) is 5.32. The highest BCUT2D eigenvalue weighted by atomic mass is 31.2. The fraction of sp³-hybridized carbons (Fsp3) is 0.318. The minimum absolute atomic E-state index is 0.105. The third-order valence-corrected chi connectivity index (χ3v) is 6.22. The average Bonchev–Trinajstić information content (AvgIpc) is 3.41. The van der Waals surface area contributed by atoms with Crippen LogP contribution in [0.4, 0.5) is 0 Å². The molecule has 168 valence electrons. The highest BCUT2D eigenvalue weighted by Crippen LogP contribution is 2.34. The molecule has 1 atom stereocenters. The highest BCUT2D eigenvalue weighted by Gasteiger charge is 2.29. The Balaban J connectivity index is 1.34. The van der Waals surface area contributed by atoms with Crippen molar-refractivity contribution in [1.82, 2.24) is 20.5 Å². The Morgan fingerprint density at radius 2 is 1.91 bits per heavy atom. The molecule has 0 saturated carbocycles. The number of hydrogen-bond acceptors (Lipinski definition) is 7. The van der Waals surface area contributed by atoms with Gasteiger partial charge in [0, 0.05) is 25.6 Å². The van der Waals surface area contributed by atoms with E-state index in [-0.39, 0.29) is 12.2 Å².